The second-order valence-electron chi connectivity index (χ2n) is 5.04. The van der Waals surface area contributed by atoms with Gasteiger partial charge in [0, 0.05) is 12.6 Å². The molecule has 0 radical (unpaired) electrons. The van der Waals surface area contributed by atoms with E-state index in [1.807, 2.05) is 43.3 Å². The molecule has 0 spiro atoms. The minimum atomic E-state index is -0.130. The predicted octanol–water partition coefficient (Wildman–Crippen LogP) is 2.88. The van der Waals surface area contributed by atoms with Crippen molar-refractivity contribution in [3.8, 4) is 11.5 Å². The van der Waals surface area contributed by atoms with Crippen LogP contribution >= 0.6 is 0 Å². The smallest absolute Gasteiger partial charge is 0.243 e. The zero-order chi connectivity index (χ0) is 17.2. The quantitative estimate of drug-likeness (QED) is 0.444. The second-order valence-corrected chi connectivity index (χ2v) is 5.04. The van der Waals surface area contributed by atoms with E-state index < -0.39 is 0 Å². The van der Waals surface area contributed by atoms with Crippen molar-refractivity contribution < 1.29 is 14.3 Å². The first kappa shape index (κ1) is 17.4. The van der Waals surface area contributed by atoms with Gasteiger partial charge >= 0.3 is 0 Å². The molecule has 2 aromatic carbocycles. The molecule has 0 saturated carbocycles. The summed E-state index contributed by atoms with van der Waals surface area (Å²) in [5.41, 5.74) is 7.34. The maximum Gasteiger partial charge on any atom is 0.243 e. The molecule has 0 aliphatic rings. The van der Waals surface area contributed by atoms with E-state index in [-0.39, 0.29) is 5.91 Å². The van der Waals surface area contributed by atoms with Crippen molar-refractivity contribution in [3.63, 3.8) is 0 Å². The van der Waals surface area contributed by atoms with Crippen LogP contribution in [-0.4, -0.2) is 25.7 Å². The number of carbonyl (C=O) groups excluding carboxylic acids is 1. The van der Waals surface area contributed by atoms with Gasteiger partial charge in [0.05, 0.1) is 5.69 Å². The van der Waals surface area contributed by atoms with E-state index in [4.69, 9.17) is 15.2 Å². The molecule has 0 heterocycles. The lowest BCUT2D eigenvalue weighted by Crippen LogP contribution is -2.19. The highest BCUT2D eigenvalue weighted by Crippen LogP contribution is 2.23. The molecule has 0 aromatic heterocycles. The zero-order valence-electron chi connectivity index (χ0n) is 13.7. The summed E-state index contributed by atoms with van der Waals surface area (Å²) in [6, 6.07) is 15.0. The van der Waals surface area contributed by atoms with Gasteiger partial charge < -0.3 is 20.5 Å². The molecule has 1 amide bonds. The SMILES string of the molecule is CCNC(=O)/C=C\c1ccc(OCCOc2ccccc2)c(N)c1. The van der Waals surface area contributed by atoms with Gasteiger partial charge in [-0.1, -0.05) is 24.3 Å². The highest BCUT2D eigenvalue weighted by atomic mass is 16.5. The van der Waals surface area contributed by atoms with Crippen LogP contribution in [0.25, 0.3) is 6.08 Å². The highest BCUT2D eigenvalue weighted by molar-refractivity contribution is 5.91. The summed E-state index contributed by atoms with van der Waals surface area (Å²) in [5.74, 6) is 1.27. The number of nitrogens with one attached hydrogen (secondary N) is 1. The Balaban J connectivity index is 1.82. The minimum absolute atomic E-state index is 0.130. The van der Waals surface area contributed by atoms with Crippen LogP contribution in [0.1, 0.15) is 12.5 Å². The monoisotopic (exact) mass is 326 g/mol. The van der Waals surface area contributed by atoms with Crippen LogP contribution in [0.15, 0.2) is 54.6 Å². The number of para-hydroxylation sites is 1. The molecule has 126 valence electrons. The van der Waals surface area contributed by atoms with Crippen molar-refractivity contribution in [2.75, 3.05) is 25.5 Å². The van der Waals surface area contributed by atoms with E-state index in [0.29, 0.717) is 31.2 Å². The third kappa shape index (κ3) is 5.68. The van der Waals surface area contributed by atoms with Gasteiger partial charge in [-0.2, -0.15) is 0 Å². The maximum atomic E-state index is 11.4. The average molecular weight is 326 g/mol. The maximum absolute atomic E-state index is 11.4. The van der Waals surface area contributed by atoms with Gasteiger partial charge in [-0.25, -0.2) is 0 Å². The molecule has 5 nitrogen and oxygen atoms in total. The molecular weight excluding hydrogens is 304 g/mol. The number of hydrogen-bond acceptors (Lipinski definition) is 4. The molecule has 2 rings (SSSR count). The van der Waals surface area contributed by atoms with Gasteiger partial charge in [-0.3, -0.25) is 4.79 Å². The number of nitrogen functional groups attached to an aromatic ring is 1. The average Bonchev–Trinajstić information content (AvgIpc) is 2.59. The van der Waals surface area contributed by atoms with Crippen molar-refractivity contribution in [1.82, 2.24) is 5.32 Å². The van der Waals surface area contributed by atoms with Gasteiger partial charge in [-0.15, -0.1) is 0 Å². The molecule has 0 bridgehead atoms. The first-order valence-electron chi connectivity index (χ1n) is 7.85. The van der Waals surface area contributed by atoms with Crippen molar-refractivity contribution in [1.29, 1.82) is 0 Å². The summed E-state index contributed by atoms with van der Waals surface area (Å²) < 4.78 is 11.2. The number of benzene rings is 2. The molecular formula is C19H22N2O3. The van der Waals surface area contributed by atoms with E-state index in [1.54, 1.807) is 18.2 Å². The largest absolute Gasteiger partial charge is 0.490 e. The summed E-state index contributed by atoms with van der Waals surface area (Å²) in [6.45, 7) is 3.30. The summed E-state index contributed by atoms with van der Waals surface area (Å²) in [7, 11) is 0. The van der Waals surface area contributed by atoms with Crippen molar-refractivity contribution >= 4 is 17.7 Å². The van der Waals surface area contributed by atoms with Crippen LogP contribution < -0.4 is 20.5 Å². The standard InChI is InChI=1S/C19H22N2O3/c1-2-21-19(22)11-9-15-8-10-18(17(20)14-15)24-13-12-23-16-6-4-3-5-7-16/h3-11,14H,2,12-13,20H2,1H3,(H,21,22)/b11-9-. The number of nitrogens with two attached hydrogens (primary N) is 1. The van der Waals surface area contributed by atoms with Crippen LogP contribution in [0.5, 0.6) is 11.5 Å². The Kier molecular flexibility index (Phi) is 6.71. The molecule has 0 aliphatic heterocycles. The topological polar surface area (TPSA) is 73.6 Å². The van der Waals surface area contributed by atoms with Crippen LogP contribution in [0.4, 0.5) is 5.69 Å². The van der Waals surface area contributed by atoms with Gasteiger partial charge in [0.2, 0.25) is 5.91 Å². The molecule has 0 unspecified atom stereocenters. The minimum Gasteiger partial charge on any atom is -0.490 e. The summed E-state index contributed by atoms with van der Waals surface area (Å²) in [5, 5.41) is 2.69. The first-order valence-corrected chi connectivity index (χ1v) is 7.85. The normalized spacial score (nSPS) is 10.5. The first-order chi connectivity index (χ1) is 11.7. The Morgan fingerprint density at radius 1 is 1.12 bits per heavy atom. The van der Waals surface area contributed by atoms with Crippen LogP contribution in [0.3, 0.4) is 0 Å². The fourth-order valence-corrected chi connectivity index (χ4v) is 2.03. The van der Waals surface area contributed by atoms with Crippen molar-refractivity contribution in [3.05, 3.63) is 60.2 Å². The number of anilines is 1. The van der Waals surface area contributed by atoms with E-state index in [1.165, 1.54) is 6.08 Å². The van der Waals surface area contributed by atoms with Crippen molar-refractivity contribution in [2.45, 2.75) is 6.92 Å². The molecule has 0 fully saturated rings. The molecule has 5 heteroatoms. The number of amides is 1. The van der Waals surface area contributed by atoms with E-state index in [2.05, 4.69) is 5.32 Å². The lowest BCUT2D eigenvalue weighted by molar-refractivity contribution is -0.116. The molecule has 0 saturated heterocycles. The Hall–Kier alpha value is -2.95. The highest BCUT2D eigenvalue weighted by Gasteiger charge is 2.02. The Labute approximate surface area is 142 Å². The molecule has 3 N–H and O–H groups in total. The number of hydrogen-bond donors (Lipinski definition) is 2. The lowest BCUT2D eigenvalue weighted by Gasteiger charge is -2.10. The second kappa shape index (κ2) is 9.25. The molecule has 2 aromatic rings. The lowest BCUT2D eigenvalue weighted by atomic mass is 10.1. The number of carbonyl (C=O) groups is 1. The number of rotatable bonds is 8. The van der Waals surface area contributed by atoms with Gasteiger partial charge in [0.1, 0.15) is 24.7 Å². The van der Waals surface area contributed by atoms with Crippen LogP contribution in [0.2, 0.25) is 0 Å². The van der Waals surface area contributed by atoms with Gasteiger partial charge in [0.25, 0.3) is 0 Å². The third-order valence-electron chi connectivity index (χ3n) is 3.16. The predicted molar refractivity (Wildman–Crippen MR) is 96.0 cm³/mol. The Bertz CT molecular complexity index is 684. The Morgan fingerprint density at radius 3 is 2.58 bits per heavy atom. The van der Waals surface area contributed by atoms with Gasteiger partial charge in [0.15, 0.2) is 0 Å². The summed E-state index contributed by atoms with van der Waals surface area (Å²) in [4.78, 5) is 11.4. The summed E-state index contributed by atoms with van der Waals surface area (Å²) in [6.07, 6.45) is 3.19. The van der Waals surface area contributed by atoms with E-state index >= 15 is 0 Å². The zero-order valence-corrected chi connectivity index (χ0v) is 13.7. The van der Waals surface area contributed by atoms with Crippen molar-refractivity contribution in [2.24, 2.45) is 0 Å². The van der Waals surface area contributed by atoms with Crippen LogP contribution in [0, 0.1) is 0 Å². The van der Waals surface area contributed by atoms with E-state index in [0.717, 1.165) is 11.3 Å². The van der Waals surface area contributed by atoms with Crippen LogP contribution in [-0.2, 0) is 4.79 Å². The fourth-order valence-electron chi connectivity index (χ4n) is 2.03. The molecule has 0 aliphatic carbocycles. The third-order valence-corrected chi connectivity index (χ3v) is 3.16. The van der Waals surface area contributed by atoms with E-state index in [9.17, 15) is 4.79 Å². The fraction of sp³-hybridized carbons (Fsp3) is 0.211. The van der Waals surface area contributed by atoms with Gasteiger partial charge in [-0.05, 0) is 42.8 Å². The summed E-state index contributed by atoms with van der Waals surface area (Å²) >= 11 is 0. The number of ether oxygens (including phenoxy) is 2. The number of likely N-dealkylation sites (N-methyl/N-ethyl adjacent to an activating group) is 1. The molecule has 0 atom stereocenters. The Morgan fingerprint density at radius 2 is 1.88 bits per heavy atom. The molecule has 24 heavy (non-hydrogen) atoms.